The number of carbonyl (C=O) groups excluding carboxylic acids is 2. The summed E-state index contributed by atoms with van der Waals surface area (Å²) in [7, 11) is 6.59. The van der Waals surface area contributed by atoms with E-state index in [1.807, 2.05) is 11.9 Å². The Morgan fingerprint density at radius 2 is 2.00 bits per heavy atom. The summed E-state index contributed by atoms with van der Waals surface area (Å²) in [6, 6.07) is 3.52. The quantitative estimate of drug-likeness (QED) is 0.753. The molecule has 1 heterocycles. The maximum atomic E-state index is 11.9. The van der Waals surface area contributed by atoms with Crippen LogP contribution < -0.4 is 4.90 Å². The molecule has 0 radical (unpaired) electrons. The molecular formula is C14H21N3O3. The third-order valence-corrected chi connectivity index (χ3v) is 2.96. The number of hydrogen-bond donors (Lipinski definition) is 0. The molecular weight excluding hydrogens is 258 g/mol. The van der Waals surface area contributed by atoms with Gasteiger partial charge in [0.15, 0.2) is 0 Å². The lowest BCUT2D eigenvalue weighted by atomic mass is 10.1. The number of hydrogen-bond acceptors (Lipinski definition) is 5. The zero-order valence-corrected chi connectivity index (χ0v) is 12.6. The highest BCUT2D eigenvalue weighted by molar-refractivity contribution is 5.92. The maximum Gasteiger partial charge on any atom is 0.310 e. The standard InChI is InChI=1S/C14H21N3O3/c1-10(14(19)20-5)9-17(4)11-6-7-15-12(8-11)13(18)16(2)3/h6-8,10H,9H2,1-5H3. The molecule has 1 unspecified atom stereocenters. The summed E-state index contributed by atoms with van der Waals surface area (Å²) in [4.78, 5) is 30.7. The predicted molar refractivity (Wildman–Crippen MR) is 76.7 cm³/mol. The van der Waals surface area contributed by atoms with Crippen LogP contribution in [0.5, 0.6) is 0 Å². The zero-order valence-electron chi connectivity index (χ0n) is 12.6. The van der Waals surface area contributed by atoms with Crippen molar-refractivity contribution >= 4 is 17.6 Å². The molecule has 0 saturated carbocycles. The molecule has 1 amide bonds. The van der Waals surface area contributed by atoms with Gasteiger partial charge < -0.3 is 14.5 Å². The maximum absolute atomic E-state index is 11.9. The molecule has 0 aliphatic carbocycles. The first kappa shape index (κ1) is 15.9. The lowest BCUT2D eigenvalue weighted by molar-refractivity contribution is -0.144. The second kappa shape index (κ2) is 6.88. The van der Waals surface area contributed by atoms with Crippen molar-refractivity contribution in [1.29, 1.82) is 0 Å². The number of ether oxygens (including phenoxy) is 1. The summed E-state index contributed by atoms with van der Waals surface area (Å²) >= 11 is 0. The first-order valence-corrected chi connectivity index (χ1v) is 6.33. The minimum atomic E-state index is -0.254. The van der Waals surface area contributed by atoms with Crippen LogP contribution in [0.1, 0.15) is 17.4 Å². The van der Waals surface area contributed by atoms with E-state index in [2.05, 4.69) is 4.98 Å². The Hall–Kier alpha value is -2.11. The molecule has 6 heteroatoms. The van der Waals surface area contributed by atoms with Crippen molar-refractivity contribution in [3.63, 3.8) is 0 Å². The predicted octanol–water partition coefficient (Wildman–Crippen LogP) is 1.03. The second-order valence-electron chi connectivity index (χ2n) is 4.90. The highest BCUT2D eigenvalue weighted by Crippen LogP contribution is 2.15. The Kier molecular flexibility index (Phi) is 5.49. The zero-order chi connectivity index (χ0) is 15.3. The highest BCUT2D eigenvalue weighted by atomic mass is 16.5. The molecule has 6 nitrogen and oxygen atoms in total. The Bertz CT molecular complexity index is 488. The van der Waals surface area contributed by atoms with E-state index in [1.165, 1.54) is 12.0 Å². The van der Waals surface area contributed by atoms with Gasteiger partial charge in [0.25, 0.3) is 5.91 Å². The van der Waals surface area contributed by atoms with Gasteiger partial charge in [-0.25, -0.2) is 0 Å². The minimum absolute atomic E-state index is 0.152. The van der Waals surface area contributed by atoms with Gasteiger partial charge in [-0.05, 0) is 12.1 Å². The van der Waals surface area contributed by atoms with Crippen LogP contribution in [0.3, 0.4) is 0 Å². The average molecular weight is 279 g/mol. The van der Waals surface area contributed by atoms with Gasteiger partial charge in [0.2, 0.25) is 0 Å². The number of carbonyl (C=O) groups is 2. The van der Waals surface area contributed by atoms with Crippen LogP contribution in [0.2, 0.25) is 0 Å². The third kappa shape index (κ3) is 3.94. The first-order valence-electron chi connectivity index (χ1n) is 6.33. The van der Waals surface area contributed by atoms with Crippen LogP contribution in [0, 0.1) is 5.92 Å². The van der Waals surface area contributed by atoms with Gasteiger partial charge in [0, 0.05) is 39.6 Å². The molecule has 1 atom stereocenters. The fourth-order valence-corrected chi connectivity index (χ4v) is 1.79. The summed E-state index contributed by atoms with van der Waals surface area (Å²) < 4.78 is 4.70. The van der Waals surface area contributed by atoms with Gasteiger partial charge >= 0.3 is 5.97 Å². The van der Waals surface area contributed by atoms with E-state index in [-0.39, 0.29) is 17.8 Å². The molecule has 0 aliphatic heterocycles. The van der Waals surface area contributed by atoms with E-state index in [4.69, 9.17) is 4.74 Å². The lowest BCUT2D eigenvalue weighted by Crippen LogP contribution is -2.29. The van der Waals surface area contributed by atoms with Crippen molar-refractivity contribution in [2.75, 3.05) is 39.7 Å². The summed E-state index contributed by atoms with van der Waals surface area (Å²) in [5, 5.41) is 0. The van der Waals surface area contributed by atoms with Gasteiger partial charge in [-0.1, -0.05) is 6.92 Å². The van der Waals surface area contributed by atoms with Crippen LogP contribution in [0.15, 0.2) is 18.3 Å². The van der Waals surface area contributed by atoms with Crippen molar-refractivity contribution in [1.82, 2.24) is 9.88 Å². The molecule has 20 heavy (non-hydrogen) atoms. The van der Waals surface area contributed by atoms with Gasteiger partial charge in [0.05, 0.1) is 13.0 Å². The van der Waals surface area contributed by atoms with Crippen molar-refractivity contribution in [3.8, 4) is 0 Å². The number of aromatic nitrogens is 1. The van der Waals surface area contributed by atoms with Crippen LogP contribution in [0.25, 0.3) is 0 Å². The average Bonchev–Trinajstić information content (AvgIpc) is 2.45. The van der Waals surface area contributed by atoms with E-state index in [0.717, 1.165) is 5.69 Å². The molecule has 0 N–H and O–H groups in total. The van der Waals surface area contributed by atoms with E-state index in [9.17, 15) is 9.59 Å². The third-order valence-electron chi connectivity index (χ3n) is 2.96. The number of esters is 1. The topological polar surface area (TPSA) is 62.7 Å². The van der Waals surface area contributed by atoms with Crippen molar-refractivity contribution < 1.29 is 14.3 Å². The van der Waals surface area contributed by atoms with E-state index < -0.39 is 0 Å². The monoisotopic (exact) mass is 279 g/mol. The Morgan fingerprint density at radius 3 is 2.55 bits per heavy atom. The van der Waals surface area contributed by atoms with Crippen molar-refractivity contribution in [2.45, 2.75) is 6.92 Å². The summed E-state index contributed by atoms with van der Waals surface area (Å²) in [5.41, 5.74) is 1.21. The molecule has 1 aromatic heterocycles. The van der Waals surface area contributed by atoms with E-state index in [1.54, 1.807) is 39.3 Å². The van der Waals surface area contributed by atoms with E-state index in [0.29, 0.717) is 12.2 Å². The number of amides is 1. The molecule has 1 rings (SSSR count). The first-order chi connectivity index (χ1) is 9.36. The molecule has 0 saturated heterocycles. The molecule has 0 fully saturated rings. The lowest BCUT2D eigenvalue weighted by Gasteiger charge is -2.22. The minimum Gasteiger partial charge on any atom is -0.469 e. The summed E-state index contributed by atoms with van der Waals surface area (Å²) in [6.07, 6.45) is 1.59. The molecule has 0 aromatic carbocycles. The van der Waals surface area contributed by atoms with Crippen molar-refractivity contribution in [3.05, 3.63) is 24.0 Å². The van der Waals surface area contributed by atoms with Gasteiger partial charge in [-0.15, -0.1) is 0 Å². The van der Waals surface area contributed by atoms with Crippen molar-refractivity contribution in [2.24, 2.45) is 5.92 Å². The highest BCUT2D eigenvalue weighted by Gasteiger charge is 2.17. The smallest absolute Gasteiger partial charge is 0.310 e. The normalized spacial score (nSPS) is 11.7. The number of methoxy groups -OCH3 is 1. The van der Waals surface area contributed by atoms with Crippen LogP contribution in [0.4, 0.5) is 5.69 Å². The van der Waals surface area contributed by atoms with E-state index >= 15 is 0 Å². The molecule has 0 bridgehead atoms. The number of nitrogens with zero attached hydrogens (tertiary/aromatic N) is 3. The molecule has 1 aromatic rings. The second-order valence-corrected chi connectivity index (χ2v) is 4.90. The molecule has 0 aliphatic rings. The Balaban J connectivity index is 2.84. The Morgan fingerprint density at radius 1 is 1.35 bits per heavy atom. The fraction of sp³-hybridized carbons (Fsp3) is 0.500. The largest absolute Gasteiger partial charge is 0.469 e. The number of pyridine rings is 1. The van der Waals surface area contributed by atoms with Crippen LogP contribution >= 0.6 is 0 Å². The fourth-order valence-electron chi connectivity index (χ4n) is 1.79. The van der Waals surface area contributed by atoms with Crippen LogP contribution in [-0.4, -0.2) is 56.6 Å². The molecule has 0 spiro atoms. The summed E-state index contributed by atoms with van der Waals surface area (Å²) in [5.74, 6) is -0.650. The number of anilines is 1. The van der Waals surface area contributed by atoms with Gasteiger partial charge in [0.1, 0.15) is 5.69 Å². The number of rotatable bonds is 5. The van der Waals surface area contributed by atoms with Gasteiger partial charge in [-0.2, -0.15) is 0 Å². The Labute approximate surface area is 119 Å². The van der Waals surface area contributed by atoms with Crippen LogP contribution in [-0.2, 0) is 9.53 Å². The van der Waals surface area contributed by atoms with Gasteiger partial charge in [-0.3, -0.25) is 14.6 Å². The SMILES string of the molecule is COC(=O)C(C)CN(C)c1ccnc(C(=O)N(C)C)c1. The molecule has 110 valence electrons. The summed E-state index contributed by atoms with van der Waals surface area (Å²) in [6.45, 7) is 2.31.